The van der Waals surface area contributed by atoms with Gasteiger partial charge in [-0.1, -0.05) is 41.9 Å². The molecule has 0 aliphatic carbocycles. The molecule has 2 aromatic heterocycles. The van der Waals surface area contributed by atoms with Crippen molar-refractivity contribution in [1.82, 2.24) is 20.4 Å². The van der Waals surface area contributed by atoms with E-state index in [1.165, 1.54) is 16.9 Å². The smallest absolute Gasteiger partial charge is 0.261 e. The Morgan fingerprint density at radius 1 is 1.37 bits per heavy atom. The Balaban J connectivity index is 1.52. The van der Waals surface area contributed by atoms with Gasteiger partial charge >= 0.3 is 0 Å². The SMILES string of the molecule is Cn1ncc(Cl)c1-c1csc(C(=O)N[C@H]2CNCC[C@@H]2c2ccccc2)c1. The Kier molecular flexibility index (Phi) is 5.29. The van der Waals surface area contributed by atoms with Crippen molar-refractivity contribution in [2.45, 2.75) is 18.4 Å². The van der Waals surface area contributed by atoms with Crippen molar-refractivity contribution in [1.29, 1.82) is 0 Å². The standard InChI is InChI=1S/C20H21ClN4OS/c1-25-19(16(21)10-23-25)14-9-18(27-12-14)20(26)24-17-11-22-8-7-15(17)13-5-3-2-4-6-13/h2-6,9-10,12,15,17,22H,7-8,11H2,1H3,(H,24,26)/t15-,17+/m1/s1. The summed E-state index contributed by atoms with van der Waals surface area (Å²) in [4.78, 5) is 13.5. The highest BCUT2D eigenvalue weighted by Gasteiger charge is 2.28. The van der Waals surface area contributed by atoms with Crippen LogP contribution in [0.1, 0.15) is 27.6 Å². The lowest BCUT2D eigenvalue weighted by molar-refractivity contribution is 0.0928. The first-order valence-corrected chi connectivity index (χ1v) is 10.2. The molecule has 5 nitrogen and oxygen atoms in total. The van der Waals surface area contributed by atoms with Crippen LogP contribution >= 0.6 is 22.9 Å². The maximum absolute atomic E-state index is 12.9. The van der Waals surface area contributed by atoms with E-state index in [4.69, 9.17) is 11.6 Å². The molecule has 140 valence electrons. The first-order valence-electron chi connectivity index (χ1n) is 8.96. The third-order valence-corrected chi connectivity index (χ3v) is 6.22. The van der Waals surface area contributed by atoms with E-state index in [2.05, 4.69) is 40.0 Å². The van der Waals surface area contributed by atoms with Gasteiger partial charge in [0.15, 0.2) is 0 Å². The number of nitrogens with zero attached hydrogens (tertiary/aromatic N) is 2. The van der Waals surface area contributed by atoms with Crippen molar-refractivity contribution in [3.05, 3.63) is 63.4 Å². The Bertz CT molecular complexity index is 917. The molecule has 1 fully saturated rings. The molecule has 1 saturated heterocycles. The summed E-state index contributed by atoms with van der Waals surface area (Å²) in [5.41, 5.74) is 3.02. The van der Waals surface area contributed by atoms with Gasteiger partial charge in [-0.15, -0.1) is 11.3 Å². The van der Waals surface area contributed by atoms with E-state index >= 15 is 0 Å². The van der Waals surface area contributed by atoms with Crippen LogP contribution in [0.25, 0.3) is 11.3 Å². The van der Waals surface area contributed by atoms with Gasteiger partial charge in [0.2, 0.25) is 0 Å². The second-order valence-corrected chi connectivity index (χ2v) is 8.07. The van der Waals surface area contributed by atoms with Gasteiger partial charge in [0.25, 0.3) is 5.91 Å². The van der Waals surface area contributed by atoms with Gasteiger partial charge in [-0.25, -0.2) is 0 Å². The lowest BCUT2D eigenvalue weighted by atomic mass is 9.86. The summed E-state index contributed by atoms with van der Waals surface area (Å²) in [6.07, 6.45) is 2.63. The molecule has 3 aromatic rings. The Labute approximate surface area is 167 Å². The molecule has 1 aliphatic rings. The average Bonchev–Trinajstić information content (AvgIpc) is 3.29. The van der Waals surface area contributed by atoms with E-state index in [1.807, 2.05) is 24.6 Å². The lowest BCUT2D eigenvalue weighted by Gasteiger charge is -2.33. The minimum absolute atomic E-state index is 0.0424. The van der Waals surface area contributed by atoms with Crippen molar-refractivity contribution >= 4 is 28.8 Å². The minimum Gasteiger partial charge on any atom is -0.347 e. The molecule has 2 atom stereocenters. The van der Waals surface area contributed by atoms with Gasteiger partial charge in [-0.05, 0) is 24.6 Å². The van der Waals surface area contributed by atoms with Crippen LogP contribution in [0.15, 0.2) is 48.0 Å². The molecule has 0 bridgehead atoms. The van der Waals surface area contributed by atoms with Crippen molar-refractivity contribution in [3.8, 4) is 11.3 Å². The van der Waals surface area contributed by atoms with Gasteiger partial charge < -0.3 is 10.6 Å². The molecule has 1 aromatic carbocycles. The molecule has 0 radical (unpaired) electrons. The Morgan fingerprint density at radius 2 is 2.19 bits per heavy atom. The summed E-state index contributed by atoms with van der Waals surface area (Å²) in [6.45, 7) is 1.74. The quantitative estimate of drug-likeness (QED) is 0.702. The number of thiophene rings is 1. The molecule has 7 heteroatoms. The number of nitrogens with one attached hydrogen (secondary N) is 2. The molecule has 0 unspecified atom stereocenters. The fraction of sp³-hybridized carbons (Fsp3) is 0.300. The highest BCUT2D eigenvalue weighted by atomic mass is 35.5. The predicted molar refractivity (Wildman–Crippen MR) is 109 cm³/mol. The van der Waals surface area contributed by atoms with Crippen molar-refractivity contribution in [2.75, 3.05) is 13.1 Å². The molecule has 2 N–H and O–H groups in total. The van der Waals surface area contributed by atoms with Gasteiger partial charge in [-0.2, -0.15) is 5.10 Å². The molecular formula is C20H21ClN4OS. The monoisotopic (exact) mass is 400 g/mol. The lowest BCUT2D eigenvalue weighted by Crippen LogP contribution is -2.49. The van der Waals surface area contributed by atoms with Gasteiger partial charge in [0, 0.05) is 36.5 Å². The summed E-state index contributed by atoms with van der Waals surface area (Å²) in [5, 5.41) is 13.3. The number of benzene rings is 1. The number of hydrogen-bond acceptors (Lipinski definition) is 4. The van der Waals surface area contributed by atoms with E-state index in [0.29, 0.717) is 15.8 Å². The fourth-order valence-electron chi connectivity index (χ4n) is 3.66. The van der Waals surface area contributed by atoms with Crippen LogP contribution in [0.2, 0.25) is 5.02 Å². The normalized spacial score (nSPS) is 19.8. The van der Waals surface area contributed by atoms with Crippen LogP contribution in [0.5, 0.6) is 0 Å². The van der Waals surface area contributed by atoms with Crippen molar-refractivity contribution in [3.63, 3.8) is 0 Å². The third kappa shape index (κ3) is 3.78. The van der Waals surface area contributed by atoms with Crippen LogP contribution < -0.4 is 10.6 Å². The summed E-state index contributed by atoms with van der Waals surface area (Å²) in [5.74, 6) is 0.279. The first kappa shape index (κ1) is 18.2. The topological polar surface area (TPSA) is 59.0 Å². The highest BCUT2D eigenvalue weighted by Crippen LogP contribution is 2.31. The first-order chi connectivity index (χ1) is 13.1. The molecule has 1 amide bonds. The third-order valence-electron chi connectivity index (χ3n) is 5.02. The van der Waals surface area contributed by atoms with Crippen LogP contribution in [-0.4, -0.2) is 34.8 Å². The number of halogens is 1. The maximum Gasteiger partial charge on any atom is 0.261 e. The zero-order valence-corrected chi connectivity index (χ0v) is 16.6. The van der Waals surface area contributed by atoms with Crippen LogP contribution in [0.4, 0.5) is 0 Å². The fourth-order valence-corrected chi connectivity index (χ4v) is 4.73. The summed E-state index contributed by atoms with van der Waals surface area (Å²) in [6, 6.07) is 12.4. The van der Waals surface area contributed by atoms with E-state index in [1.54, 1.807) is 10.9 Å². The molecule has 27 heavy (non-hydrogen) atoms. The number of carbonyl (C=O) groups excluding carboxylic acids is 1. The number of hydrogen-bond donors (Lipinski definition) is 2. The largest absolute Gasteiger partial charge is 0.347 e. The number of aromatic nitrogens is 2. The van der Waals surface area contributed by atoms with E-state index in [-0.39, 0.29) is 11.9 Å². The summed E-state index contributed by atoms with van der Waals surface area (Å²) in [7, 11) is 1.84. The van der Waals surface area contributed by atoms with Crippen molar-refractivity contribution in [2.24, 2.45) is 7.05 Å². The molecule has 1 aliphatic heterocycles. The number of rotatable bonds is 4. The number of amides is 1. The van der Waals surface area contributed by atoms with E-state index in [0.717, 1.165) is 30.8 Å². The predicted octanol–water partition coefficient (Wildman–Crippen LogP) is 3.68. The van der Waals surface area contributed by atoms with Crippen molar-refractivity contribution < 1.29 is 4.79 Å². The molecule has 0 spiro atoms. The average molecular weight is 401 g/mol. The maximum atomic E-state index is 12.9. The number of carbonyl (C=O) groups is 1. The van der Waals surface area contributed by atoms with E-state index in [9.17, 15) is 4.79 Å². The van der Waals surface area contributed by atoms with Gasteiger partial charge in [0.1, 0.15) is 0 Å². The van der Waals surface area contributed by atoms with Crippen LogP contribution in [0.3, 0.4) is 0 Å². The zero-order valence-electron chi connectivity index (χ0n) is 15.0. The number of piperidine rings is 1. The molecule has 0 saturated carbocycles. The Morgan fingerprint density at radius 3 is 2.93 bits per heavy atom. The van der Waals surface area contributed by atoms with Gasteiger partial charge in [-0.3, -0.25) is 9.48 Å². The molecule has 4 rings (SSSR count). The second kappa shape index (κ2) is 7.84. The molecule has 3 heterocycles. The van der Waals surface area contributed by atoms with Crippen LogP contribution in [0, 0.1) is 0 Å². The molecular weight excluding hydrogens is 380 g/mol. The minimum atomic E-state index is -0.0424. The Hall–Kier alpha value is -2.15. The van der Waals surface area contributed by atoms with E-state index < -0.39 is 0 Å². The highest BCUT2D eigenvalue weighted by molar-refractivity contribution is 7.12. The number of aryl methyl sites for hydroxylation is 1. The van der Waals surface area contributed by atoms with Gasteiger partial charge in [0.05, 0.1) is 21.8 Å². The second-order valence-electron chi connectivity index (χ2n) is 6.75. The van der Waals surface area contributed by atoms with Crippen LogP contribution in [-0.2, 0) is 7.05 Å². The summed E-state index contributed by atoms with van der Waals surface area (Å²) >= 11 is 7.65. The zero-order chi connectivity index (χ0) is 18.8. The summed E-state index contributed by atoms with van der Waals surface area (Å²) < 4.78 is 1.72.